The van der Waals surface area contributed by atoms with E-state index in [4.69, 9.17) is 16.3 Å². The van der Waals surface area contributed by atoms with Crippen LogP contribution in [0.1, 0.15) is 5.82 Å². The number of hydrogen-bond acceptors (Lipinski definition) is 6. The molecule has 8 nitrogen and oxygen atoms in total. The van der Waals surface area contributed by atoms with Crippen molar-refractivity contribution < 1.29 is 9.66 Å². The van der Waals surface area contributed by atoms with E-state index in [1.54, 1.807) is 6.07 Å². The van der Waals surface area contributed by atoms with E-state index < -0.39 is 4.92 Å². The lowest BCUT2D eigenvalue weighted by atomic mass is 10.2. The van der Waals surface area contributed by atoms with E-state index in [0.29, 0.717) is 11.5 Å². The van der Waals surface area contributed by atoms with Crippen LogP contribution in [0.5, 0.6) is 5.75 Å². The maximum Gasteiger partial charge on any atom is 0.313 e. The number of alkyl halides is 1. The van der Waals surface area contributed by atoms with Gasteiger partial charge in [0.05, 0.1) is 23.6 Å². The van der Waals surface area contributed by atoms with Gasteiger partial charge in [0.25, 0.3) is 0 Å². The lowest BCUT2D eigenvalue weighted by Gasteiger charge is -2.05. The Hall–Kier alpha value is -2.22. The van der Waals surface area contributed by atoms with Gasteiger partial charge >= 0.3 is 5.69 Å². The second kappa shape index (κ2) is 4.96. The molecule has 0 aliphatic rings. The van der Waals surface area contributed by atoms with Crippen molar-refractivity contribution in [3.05, 3.63) is 34.1 Å². The summed E-state index contributed by atoms with van der Waals surface area (Å²) in [5.74, 6) is 0.674. The summed E-state index contributed by atoms with van der Waals surface area (Å²) in [6.45, 7) is 0. The summed E-state index contributed by atoms with van der Waals surface area (Å²) in [6.07, 6.45) is 0. The molecule has 1 heterocycles. The van der Waals surface area contributed by atoms with Crippen LogP contribution >= 0.6 is 11.6 Å². The van der Waals surface area contributed by atoms with Gasteiger partial charge in [-0.3, -0.25) is 10.1 Å². The summed E-state index contributed by atoms with van der Waals surface area (Å²) >= 11 is 5.66. The van der Waals surface area contributed by atoms with Crippen LogP contribution in [0.25, 0.3) is 5.69 Å². The molecule has 0 spiro atoms. The molecular formula is C9H8ClN5O3. The summed E-state index contributed by atoms with van der Waals surface area (Å²) in [6, 6.07) is 4.41. The average molecular weight is 270 g/mol. The van der Waals surface area contributed by atoms with E-state index in [9.17, 15) is 10.1 Å². The number of nitrogens with zero attached hydrogens (tertiary/aromatic N) is 5. The van der Waals surface area contributed by atoms with Gasteiger partial charge < -0.3 is 4.74 Å². The Kier molecular flexibility index (Phi) is 3.38. The highest BCUT2D eigenvalue weighted by Crippen LogP contribution is 2.28. The number of nitro groups is 1. The summed E-state index contributed by atoms with van der Waals surface area (Å²) in [4.78, 5) is 10.4. The van der Waals surface area contributed by atoms with E-state index in [0.717, 1.165) is 0 Å². The first-order valence-corrected chi connectivity index (χ1v) is 5.37. The number of nitro benzene ring substituents is 1. The molecule has 0 atom stereocenters. The van der Waals surface area contributed by atoms with Gasteiger partial charge in [0.2, 0.25) is 0 Å². The van der Waals surface area contributed by atoms with Gasteiger partial charge in [-0.25, -0.2) is 0 Å². The van der Waals surface area contributed by atoms with E-state index in [1.165, 1.54) is 23.9 Å². The Morgan fingerprint density at radius 1 is 1.56 bits per heavy atom. The molecule has 1 aromatic heterocycles. The van der Waals surface area contributed by atoms with Crippen molar-refractivity contribution in [2.75, 3.05) is 7.11 Å². The van der Waals surface area contributed by atoms with Crippen LogP contribution in [0, 0.1) is 10.1 Å². The number of halogens is 1. The predicted octanol–water partition coefficient (Wildman–Crippen LogP) is 1.32. The Labute approximate surface area is 106 Å². The van der Waals surface area contributed by atoms with E-state index in [1.807, 2.05) is 0 Å². The van der Waals surface area contributed by atoms with Crippen molar-refractivity contribution in [3.63, 3.8) is 0 Å². The second-order valence-electron chi connectivity index (χ2n) is 3.25. The zero-order valence-corrected chi connectivity index (χ0v) is 10.0. The first kappa shape index (κ1) is 12.2. The molecule has 0 unspecified atom stereocenters. The summed E-state index contributed by atoms with van der Waals surface area (Å²) in [7, 11) is 1.36. The molecule has 2 aromatic rings. The van der Waals surface area contributed by atoms with Gasteiger partial charge in [-0.05, 0) is 22.6 Å². The molecule has 0 saturated carbocycles. The number of ether oxygens (including phenoxy) is 1. The first-order valence-electron chi connectivity index (χ1n) is 4.83. The van der Waals surface area contributed by atoms with Crippen LogP contribution in [-0.4, -0.2) is 32.2 Å². The number of benzene rings is 1. The van der Waals surface area contributed by atoms with Gasteiger partial charge in [0.1, 0.15) is 0 Å². The lowest BCUT2D eigenvalue weighted by Crippen LogP contribution is -2.03. The highest BCUT2D eigenvalue weighted by atomic mass is 35.5. The minimum absolute atomic E-state index is 0.104. The zero-order chi connectivity index (χ0) is 13.1. The molecule has 9 heteroatoms. The average Bonchev–Trinajstić information content (AvgIpc) is 2.86. The molecule has 18 heavy (non-hydrogen) atoms. The predicted molar refractivity (Wildman–Crippen MR) is 61.9 cm³/mol. The Bertz CT molecular complexity index is 585. The molecule has 0 aliphatic carbocycles. The summed E-state index contributed by atoms with van der Waals surface area (Å²) in [5, 5.41) is 21.8. The van der Waals surface area contributed by atoms with Crippen molar-refractivity contribution in [2.24, 2.45) is 0 Å². The fraction of sp³-hybridized carbons (Fsp3) is 0.222. The normalized spacial score (nSPS) is 10.3. The maximum absolute atomic E-state index is 10.9. The highest BCUT2D eigenvalue weighted by Gasteiger charge is 2.17. The van der Waals surface area contributed by atoms with Gasteiger partial charge in [-0.1, -0.05) is 0 Å². The lowest BCUT2D eigenvalue weighted by molar-refractivity contribution is -0.385. The van der Waals surface area contributed by atoms with E-state index >= 15 is 0 Å². The van der Waals surface area contributed by atoms with Crippen molar-refractivity contribution in [2.45, 2.75) is 5.88 Å². The van der Waals surface area contributed by atoms with E-state index in [2.05, 4.69) is 15.5 Å². The fourth-order valence-corrected chi connectivity index (χ4v) is 1.61. The van der Waals surface area contributed by atoms with Crippen LogP contribution in [0.2, 0.25) is 0 Å². The monoisotopic (exact) mass is 269 g/mol. The zero-order valence-electron chi connectivity index (χ0n) is 9.28. The topological polar surface area (TPSA) is 96.0 Å². The third-order valence-electron chi connectivity index (χ3n) is 2.26. The van der Waals surface area contributed by atoms with Crippen molar-refractivity contribution in [3.8, 4) is 11.4 Å². The first-order chi connectivity index (χ1) is 8.67. The molecule has 0 saturated heterocycles. The van der Waals surface area contributed by atoms with Crippen LogP contribution in [0.4, 0.5) is 5.69 Å². The quantitative estimate of drug-likeness (QED) is 0.472. The third kappa shape index (κ3) is 2.09. The number of methoxy groups -OCH3 is 1. The molecule has 0 aliphatic heterocycles. The van der Waals surface area contributed by atoms with Gasteiger partial charge in [-0.2, -0.15) is 4.68 Å². The Morgan fingerprint density at radius 3 is 2.94 bits per heavy atom. The SMILES string of the molecule is COc1ccc(-n2nnnc2CCl)cc1[N+](=O)[O-]. The smallest absolute Gasteiger partial charge is 0.313 e. The molecule has 0 fully saturated rings. The number of rotatable bonds is 4. The standard InChI is InChI=1S/C9H8ClN5O3/c1-18-8-3-2-6(4-7(8)15(16)17)14-9(5-10)11-12-13-14/h2-4H,5H2,1H3. The molecule has 2 rings (SSSR count). The largest absolute Gasteiger partial charge is 0.490 e. The molecule has 0 bridgehead atoms. The molecule has 0 amide bonds. The maximum atomic E-state index is 10.9. The Balaban J connectivity index is 2.53. The minimum atomic E-state index is -0.535. The highest BCUT2D eigenvalue weighted by molar-refractivity contribution is 6.16. The van der Waals surface area contributed by atoms with Gasteiger partial charge in [0, 0.05) is 6.07 Å². The van der Waals surface area contributed by atoms with Gasteiger partial charge in [-0.15, -0.1) is 16.7 Å². The van der Waals surface area contributed by atoms with Crippen molar-refractivity contribution >= 4 is 17.3 Å². The third-order valence-corrected chi connectivity index (χ3v) is 2.50. The fourth-order valence-electron chi connectivity index (χ4n) is 1.44. The second-order valence-corrected chi connectivity index (χ2v) is 3.52. The molecule has 0 radical (unpaired) electrons. The number of aromatic nitrogens is 4. The molecule has 94 valence electrons. The minimum Gasteiger partial charge on any atom is -0.490 e. The van der Waals surface area contributed by atoms with Crippen molar-refractivity contribution in [1.29, 1.82) is 0 Å². The summed E-state index contributed by atoms with van der Waals surface area (Å²) in [5.41, 5.74) is 0.286. The molecule has 1 aromatic carbocycles. The van der Waals surface area contributed by atoms with E-state index in [-0.39, 0.29) is 17.3 Å². The van der Waals surface area contributed by atoms with Crippen LogP contribution in [0.3, 0.4) is 0 Å². The van der Waals surface area contributed by atoms with Crippen LogP contribution in [0.15, 0.2) is 18.2 Å². The Morgan fingerprint density at radius 2 is 2.33 bits per heavy atom. The number of hydrogen-bond donors (Lipinski definition) is 0. The number of tetrazole rings is 1. The van der Waals surface area contributed by atoms with Crippen molar-refractivity contribution in [1.82, 2.24) is 20.2 Å². The summed E-state index contributed by atoms with van der Waals surface area (Å²) < 4.78 is 6.24. The molecular weight excluding hydrogens is 262 g/mol. The van der Waals surface area contributed by atoms with Gasteiger partial charge in [0.15, 0.2) is 11.6 Å². The molecule has 0 N–H and O–H groups in total. The van der Waals surface area contributed by atoms with Crippen LogP contribution < -0.4 is 4.74 Å². The van der Waals surface area contributed by atoms with Crippen LogP contribution in [-0.2, 0) is 5.88 Å².